The van der Waals surface area contributed by atoms with Crippen molar-refractivity contribution in [3.8, 4) is 0 Å². The van der Waals surface area contributed by atoms with Crippen molar-refractivity contribution in [3.05, 3.63) is 0 Å². The number of aliphatic carboxylic acids is 1. The number of hydrogen-bond donors (Lipinski definition) is 3. The first kappa shape index (κ1) is 11.4. The molecule has 1 unspecified atom stereocenters. The summed E-state index contributed by atoms with van der Waals surface area (Å²) in [4.78, 5) is 18.3. The fraction of sp³-hybridized carbons (Fsp3) is 0.800. The van der Waals surface area contributed by atoms with Gasteiger partial charge in [0, 0.05) is 4.57 Å². The molecule has 7 heteroatoms. The van der Waals surface area contributed by atoms with Gasteiger partial charge in [0.2, 0.25) is 0 Å². The van der Waals surface area contributed by atoms with Gasteiger partial charge in [0.05, 0.1) is 0 Å². The highest BCUT2D eigenvalue weighted by atomic mass is 31.1. The van der Waals surface area contributed by atoms with Gasteiger partial charge in [0.15, 0.2) is 0 Å². The van der Waals surface area contributed by atoms with Crippen molar-refractivity contribution in [3.63, 3.8) is 0 Å². The topological polar surface area (TPSA) is 110 Å². The quantitative estimate of drug-likeness (QED) is 0.402. The maximum absolute atomic E-state index is 10.2. The molecular weight excluding hydrogens is 185 g/mol. The number of rotatable bonds is 6. The Labute approximate surface area is 70.3 Å². The fourth-order valence-corrected chi connectivity index (χ4v) is 0.855. The Balaban J connectivity index is 3.31. The number of carboxylic acids is 1. The molecule has 4 N–H and O–H groups in total. The van der Waals surface area contributed by atoms with E-state index in [-0.39, 0.29) is 13.0 Å². The molecule has 70 valence electrons. The second-order valence-corrected chi connectivity index (χ2v) is 2.89. The summed E-state index contributed by atoms with van der Waals surface area (Å²) in [5, 5.41) is 8.32. The van der Waals surface area contributed by atoms with Gasteiger partial charge in [0.25, 0.3) is 0 Å². The molecule has 0 aromatic rings. The lowest BCUT2D eigenvalue weighted by Gasteiger charge is -2.02. The third-order valence-electron chi connectivity index (χ3n) is 1.18. The highest BCUT2D eigenvalue weighted by Gasteiger charge is 2.14. The number of carbonyl (C=O) groups is 1. The lowest BCUT2D eigenvalue weighted by atomic mass is 10.2. The van der Waals surface area contributed by atoms with Crippen molar-refractivity contribution in [1.29, 1.82) is 0 Å². The molecule has 6 nitrogen and oxygen atoms in total. The van der Waals surface area contributed by atoms with E-state index in [9.17, 15) is 9.36 Å². The molecule has 0 saturated carbocycles. The van der Waals surface area contributed by atoms with E-state index in [1.807, 2.05) is 0 Å². The largest absolute Gasteiger partial charge is 0.694 e. The number of nitrogens with two attached hydrogens (primary N) is 1. The molecule has 0 amide bonds. The summed E-state index contributed by atoms with van der Waals surface area (Å²) in [6, 6.07) is -0.926. The molecule has 2 atom stereocenters. The van der Waals surface area contributed by atoms with E-state index in [1.165, 1.54) is 0 Å². The number of carboxylic acid groups (broad SMARTS) is 1. The first-order valence-electron chi connectivity index (χ1n) is 3.31. The smallest absolute Gasteiger partial charge is 0.480 e. The van der Waals surface area contributed by atoms with Gasteiger partial charge in [-0.3, -0.25) is 4.79 Å². The molecule has 0 rings (SSSR count). The second-order valence-electron chi connectivity index (χ2n) is 2.16. The Morgan fingerprint density at radius 2 is 2.25 bits per heavy atom. The van der Waals surface area contributed by atoms with Crippen molar-refractivity contribution < 1.29 is 23.9 Å². The lowest BCUT2D eigenvalue weighted by Crippen LogP contribution is -2.30. The molecule has 0 fully saturated rings. The van der Waals surface area contributed by atoms with Gasteiger partial charge < -0.3 is 10.8 Å². The maximum atomic E-state index is 10.2. The zero-order valence-corrected chi connectivity index (χ0v) is 7.24. The Hall–Kier alpha value is -0.550. The van der Waals surface area contributed by atoms with Gasteiger partial charge in [-0.2, -0.15) is 0 Å². The van der Waals surface area contributed by atoms with Crippen molar-refractivity contribution >= 4 is 14.2 Å². The van der Waals surface area contributed by atoms with Gasteiger partial charge in [0.1, 0.15) is 12.6 Å². The summed E-state index contributed by atoms with van der Waals surface area (Å²) in [7, 11) is -2.58. The average molecular weight is 196 g/mol. The summed E-state index contributed by atoms with van der Waals surface area (Å²) in [6.45, 7) is 0.0483. The fourth-order valence-electron chi connectivity index (χ4n) is 0.569. The lowest BCUT2D eigenvalue weighted by molar-refractivity contribution is -0.138. The monoisotopic (exact) mass is 196 g/mol. The van der Waals surface area contributed by atoms with Gasteiger partial charge >= 0.3 is 14.2 Å². The molecule has 0 aliphatic carbocycles. The first-order chi connectivity index (χ1) is 5.54. The van der Waals surface area contributed by atoms with E-state index in [0.717, 1.165) is 0 Å². The van der Waals surface area contributed by atoms with Crippen LogP contribution in [0.5, 0.6) is 0 Å². The van der Waals surface area contributed by atoms with Crippen LogP contribution >= 0.6 is 8.25 Å². The van der Waals surface area contributed by atoms with Gasteiger partial charge in [-0.05, 0) is 12.8 Å². The Kier molecular flexibility index (Phi) is 5.74. The highest BCUT2D eigenvalue weighted by molar-refractivity contribution is 7.32. The SMILES string of the molecule is N[C@H](CCCO[P+](=O)O)C(=O)O. The standard InChI is InChI=1S/C5H10NO5P/c6-4(5(7)8)2-1-3-11-12(9)10/h4H,1-3,6H2,(H-,7,8,9,10)/p+1/t4-/m1/s1. The molecule has 0 aliphatic rings. The minimum Gasteiger partial charge on any atom is -0.480 e. The Morgan fingerprint density at radius 3 is 2.67 bits per heavy atom. The van der Waals surface area contributed by atoms with Crippen molar-refractivity contribution in [2.75, 3.05) is 6.61 Å². The Morgan fingerprint density at radius 1 is 1.67 bits per heavy atom. The van der Waals surface area contributed by atoms with Crippen LogP contribution in [0.15, 0.2) is 0 Å². The Bertz CT molecular complexity index is 173. The predicted molar refractivity (Wildman–Crippen MR) is 40.6 cm³/mol. The minimum absolute atomic E-state index is 0.0483. The third kappa shape index (κ3) is 6.18. The average Bonchev–Trinajstić information content (AvgIpc) is 1.97. The van der Waals surface area contributed by atoms with E-state index in [0.29, 0.717) is 6.42 Å². The van der Waals surface area contributed by atoms with Crippen LogP contribution in [0.4, 0.5) is 0 Å². The molecule has 0 spiro atoms. The van der Waals surface area contributed by atoms with E-state index >= 15 is 0 Å². The predicted octanol–water partition coefficient (Wildman–Crippen LogP) is -0.155. The van der Waals surface area contributed by atoms with Crippen LogP contribution in [0, 0.1) is 0 Å². The van der Waals surface area contributed by atoms with Gasteiger partial charge in [-0.1, -0.05) is 0 Å². The summed E-state index contributed by atoms with van der Waals surface area (Å²) >= 11 is 0. The number of hydrogen-bond acceptors (Lipinski definition) is 4. The highest BCUT2D eigenvalue weighted by Crippen LogP contribution is 2.14. The van der Waals surface area contributed by atoms with Crippen molar-refractivity contribution in [1.82, 2.24) is 0 Å². The van der Waals surface area contributed by atoms with Crippen molar-refractivity contribution in [2.24, 2.45) is 5.73 Å². The summed E-state index contributed by atoms with van der Waals surface area (Å²) < 4.78 is 14.2. The molecule has 0 aromatic heterocycles. The molecular formula is C5H11NO5P+. The van der Waals surface area contributed by atoms with Crippen LogP contribution in [0.25, 0.3) is 0 Å². The van der Waals surface area contributed by atoms with Crippen LogP contribution in [-0.4, -0.2) is 28.6 Å². The summed E-state index contributed by atoms with van der Waals surface area (Å²) in [6.07, 6.45) is 0.591. The minimum atomic E-state index is -2.58. The summed E-state index contributed by atoms with van der Waals surface area (Å²) in [5.74, 6) is -1.08. The molecule has 12 heavy (non-hydrogen) atoms. The molecule has 0 bridgehead atoms. The van der Waals surface area contributed by atoms with E-state index in [2.05, 4.69) is 4.52 Å². The normalized spacial score (nSPS) is 14.0. The van der Waals surface area contributed by atoms with Crippen LogP contribution in [0.3, 0.4) is 0 Å². The van der Waals surface area contributed by atoms with Crippen molar-refractivity contribution in [2.45, 2.75) is 18.9 Å². The molecule has 0 saturated heterocycles. The third-order valence-corrected chi connectivity index (χ3v) is 1.58. The van der Waals surface area contributed by atoms with E-state index < -0.39 is 20.3 Å². The van der Waals surface area contributed by atoms with E-state index in [4.69, 9.17) is 15.7 Å². The van der Waals surface area contributed by atoms with Crippen LogP contribution in [-0.2, 0) is 13.9 Å². The van der Waals surface area contributed by atoms with Gasteiger partial charge in [-0.15, -0.1) is 9.42 Å². The zero-order valence-electron chi connectivity index (χ0n) is 6.34. The maximum Gasteiger partial charge on any atom is 0.694 e. The summed E-state index contributed by atoms with van der Waals surface area (Å²) in [5.41, 5.74) is 5.14. The second kappa shape index (κ2) is 6.02. The van der Waals surface area contributed by atoms with Crippen LogP contribution in [0.2, 0.25) is 0 Å². The van der Waals surface area contributed by atoms with E-state index in [1.54, 1.807) is 0 Å². The molecule has 0 aliphatic heterocycles. The van der Waals surface area contributed by atoms with Crippen LogP contribution < -0.4 is 5.73 Å². The van der Waals surface area contributed by atoms with Crippen LogP contribution in [0.1, 0.15) is 12.8 Å². The molecule has 0 radical (unpaired) electrons. The zero-order chi connectivity index (χ0) is 9.56. The first-order valence-corrected chi connectivity index (χ1v) is 4.44. The molecule has 0 aromatic carbocycles. The van der Waals surface area contributed by atoms with Gasteiger partial charge in [-0.25, -0.2) is 0 Å². The molecule has 0 heterocycles.